The predicted molar refractivity (Wildman–Crippen MR) is 265 cm³/mol. The lowest BCUT2D eigenvalue weighted by atomic mass is 9.59. The van der Waals surface area contributed by atoms with E-state index in [1.807, 2.05) is 18.2 Å². The van der Waals surface area contributed by atoms with Gasteiger partial charge in [-0.25, -0.2) is 0 Å². The normalized spacial score (nSPS) is 27.1. The van der Waals surface area contributed by atoms with Gasteiger partial charge in [-0.05, 0) is 110 Å². The highest BCUT2D eigenvalue weighted by molar-refractivity contribution is 5.39. The van der Waals surface area contributed by atoms with Crippen LogP contribution in [0, 0.1) is 73.5 Å². The smallest absolute Gasteiger partial charge is 0.0146 e. The van der Waals surface area contributed by atoms with Crippen molar-refractivity contribution in [1.82, 2.24) is 0 Å². The Bertz CT molecular complexity index is 1370. The number of hydrogen-bond acceptors (Lipinski definition) is 0. The summed E-state index contributed by atoms with van der Waals surface area (Å²) in [7, 11) is 0. The highest BCUT2D eigenvalue weighted by atomic mass is 14.4. The molecule has 4 fully saturated rings. The third-order valence-electron chi connectivity index (χ3n) is 16.0. The van der Waals surface area contributed by atoms with Crippen molar-refractivity contribution in [3.63, 3.8) is 0 Å². The summed E-state index contributed by atoms with van der Waals surface area (Å²) >= 11 is 0. The lowest BCUT2D eigenvalue weighted by Gasteiger charge is -2.46. The van der Waals surface area contributed by atoms with Crippen LogP contribution < -0.4 is 0 Å². The fourth-order valence-electron chi connectivity index (χ4n) is 10.5. The molecule has 0 saturated heterocycles. The van der Waals surface area contributed by atoms with Gasteiger partial charge in [-0.3, -0.25) is 0 Å². The first kappa shape index (κ1) is 51.0. The number of hydrogen-bond donors (Lipinski definition) is 0. The lowest BCUT2D eigenvalue weighted by Crippen LogP contribution is -2.36. The fourth-order valence-corrected chi connectivity index (χ4v) is 10.5. The Kier molecular flexibility index (Phi) is 22.7. The SMILES string of the molecule is CC1CCC(C(C)(C)C2CCC(C)CC2)CC1.CC1CCC(C)CC1.CCC1CCC(CC)CC1.Cc1ccc(C(C)(C)c2ccc(C)cc2)cc1.Cc1ccccc1. The predicted octanol–water partition coefficient (Wildman–Crippen LogP) is 18.7. The number of benzene rings is 3. The Morgan fingerprint density at radius 1 is 0.373 bits per heavy atom. The molecule has 0 heteroatoms. The van der Waals surface area contributed by atoms with E-state index in [-0.39, 0.29) is 5.41 Å². The Balaban J connectivity index is 0.000000206. The van der Waals surface area contributed by atoms with Gasteiger partial charge in [0.25, 0.3) is 0 Å². The first-order chi connectivity index (χ1) is 28.0. The molecule has 0 atom stereocenters. The van der Waals surface area contributed by atoms with Gasteiger partial charge < -0.3 is 0 Å². The molecule has 3 aromatic carbocycles. The van der Waals surface area contributed by atoms with E-state index in [4.69, 9.17) is 0 Å². The third kappa shape index (κ3) is 18.3. The molecule has 3 aromatic rings. The summed E-state index contributed by atoms with van der Waals surface area (Å²) in [6.45, 7) is 30.3. The molecule has 0 spiro atoms. The minimum Gasteiger partial charge on any atom is -0.0651 e. The van der Waals surface area contributed by atoms with E-state index in [9.17, 15) is 0 Å². The maximum atomic E-state index is 2.58. The maximum Gasteiger partial charge on any atom is 0.0146 e. The zero-order chi connectivity index (χ0) is 43.4. The van der Waals surface area contributed by atoms with E-state index in [0.29, 0.717) is 5.41 Å². The van der Waals surface area contributed by atoms with Crippen LogP contribution in [0.5, 0.6) is 0 Å². The molecule has 0 unspecified atom stereocenters. The van der Waals surface area contributed by atoms with Crippen molar-refractivity contribution in [2.75, 3.05) is 0 Å². The van der Waals surface area contributed by atoms with Crippen LogP contribution in [0.15, 0.2) is 78.9 Å². The summed E-state index contributed by atoms with van der Waals surface area (Å²) < 4.78 is 0. The number of rotatable bonds is 6. The van der Waals surface area contributed by atoms with E-state index in [1.165, 1.54) is 143 Å². The first-order valence-electron chi connectivity index (χ1n) is 25.2. The van der Waals surface area contributed by atoms with Gasteiger partial charge in [-0.15, -0.1) is 0 Å². The highest BCUT2D eigenvalue weighted by Crippen LogP contribution is 2.49. The van der Waals surface area contributed by atoms with Gasteiger partial charge in [0.2, 0.25) is 0 Å². The van der Waals surface area contributed by atoms with Crippen LogP contribution in [0.1, 0.15) is 213 Å². The molecule has 0 aliphatic heterocycles. The monoisotopic (exact) mass is 805 g/mol. The second kappa shape index (κ2) is 26.2. The third-order valence-corrected chi connectivity index (χ3v) is 16.0. The molecule has 0 nitrogen and oxygen atoms in total. The summed E-state index contributed by atoms with van der Waals surface area (Å²) in [6, 6.07) is 27.9. The zero-order valence-electron chi connectivity index (χ0n) is 41.4. The van der Waals surface area contributed by atoms with Gasteiger partial charge >= 0.3 is 0 Å². The summed E-state index contributed by atoms with van der Waals surface area (Å²) in [6.07, 6.45) is 26.7. The molecule has 0 bridgehead atoms. The van der Waals surface area contributed by atoms with E-state index < -0.39 is 0 Å². The molecule has 0 radical (unpaired) electrons. The minimum absolute atomic E-state index is 0.0708. The van der Waals surface area contributed by atoms with Crippen LogP contribution in [0.25, 0.3) is 0 Å². The van der Waals surface area contributed by atoms with Gasteiger partial charge in [-0.2, -0.15) is 0 Å². The Labute approximate surface area is 369 Å². The van der Waals surface area contributed by atoms with Crippen molar-refractivity contribution >= 4 is 0 Å². The van der Waals surface area contributed by atoms with E-state index >= 15 is 0 Å². The molecule has 7 rings (SSSR count). The standard InChI is InChI=1S/C17H32.C17H20.C10H20.C8H16.C7H8/c2*1-13-5-9-15(10-6-13)17(3,4)16-11-7-14(2)8-12-16;1-3-9-5-7-10(4-2)8-6-9;1-7-3-5-8(2)6-4-7;1-7-5-3-2-4-6-7/h13-16H,5-12H2,1-4H3;5-12H,1-4H3;9-10H,3-8H2,1-2H3;7-8H,3-6H2,1-2H3;2-6H,1H3. The molecule has 0 amide bonds. The average molecular weight is 805 g/mol. The topological polar surface area (TPSA) is 0 Å². The Morgan fingerprint density at radius 3 is 0.898 bits per heavy atom. The maximum absolute atomic E-state index is 2.58. The van der Waals surface area contributed by atoms with Crippen LogP contribution in [0.2, 0.25) is 0 Å². The summed E-state index contributed by atoms with van der Waals surface area (Å²) in [4.78, 5) is 0. The first-order valence-corrected chi connectivity index (χ1v) is 25.2. The molecule has 59 heavy (non-hydrogen) atoms. The molecular formula is C59H96. The molecule has 0 heterocycles. The Hall–Kier alpha value is -2.34. The molecule has 332 valence electrons. The van der Waals surface area contributed by atoms with Gasteiger partial charge in [-0.1, -0.05) is 255 Å². The fraction of sp³-hybridized carbons (Fsp3) is 0.695. The van der Waals surface area contributed by atoms with Crippen molar-refractivity contribution in [2.45, 2.75) is 211 Å². The summed E-state index contributed by atoms with van der Waals surface area (Å²) in [5, 5.41) is 0. The second-order valence-corrected chi connectivity index (χ2v) is 21.8. The largest absolute Gasteiger partial charge is 0.0651 e. The quantitative estimate of drug-likeness (QED) is 0.233. The van der Waals surface area contributed by atoms with Gasteiger partial charge in [0.05, 0.1) is 0 Å². The molecule has 0 aromatic heterocycles. The molecule has 0 N–H and O–H groups in total. The molecule has 4 saturated carbocycles. The van der Waals surface area contributed by atoms with Crippen molar-refractivity contribution in [1.29, 1.82) is 0 Å². The van der Waals surface area contributed by atoms with Crippen molar-refractivity contribution in [3.8, 4) is 0 Å². The van der Waals surface area contributed by atoms with Crippen molar-refractivity contribution in [3.05, 3.63) is 107 Å². The molecular weight excluding hydrogens is 709 g/mol. The van der Waals surface area contributed by atoms with Gasteiger partial charge in [0, 0.05) is 5.41 Å². The lowest BCUT2D eigenvalue weighted by molar-refractivity contribution is 0.0421. The summed E-state index contributed by atoms with van der Waals surface area (Å²) in [5.74, 6) is 8.19. The average Bonchev–Trinajstić information content (AvgIpc) is 3.24. The van der Waals surface area contributed by atoms with Gasteiger partial charge in [0.1, 0.15) is 0 Å². The number of aryl methyl sites for hydroxylation is 3. The van der Waals surface area contributed by atoms with Crippen LogP contribution >= 0.6 is 0 Å². The summed E-state index contributed by atoms with van der Waals surface area (Å²) in [5.41, 5.74) is 7.37. The van der Waals surface area contributed by atoms with Crippen LogP contribution in [0.4, 0.5) is 0 Å². The zero-order valence-corrected chi connectivity index (χ0v) is 41.4. The van der Waals surface area contributed by atoms with E-state index in [0.717, 1.165) is 47.3 Å². The van der Waals surface area contributed by atoms with Crippen LogP contribution in [0.3, 0.4) is 0 Å². The molecule has 4 aliphatic rings. The van der Waals surface area contributed by atoms with E-state index in [1.54, 1.807) is 0 Å². The Morgan fingerprint density at radius 2 is 0.644 bits per heavy atom. The second-order valence-electron chi connectivity index (χ2n) is 21.8. The van der Waals surface area contributed by atoms with Crippen LogP contribution in [-0.2, 0) is 5.41 Å². The van der Waals surface area contributed by atoms with Crippen molar-refractivity contribution in [2.24, 2.45) is 52.8 Å². The minimum atomic E-state index is 0.0708. The molecule has 4 aliphatic carbocycles. The van der Waals surface area contributed by atoms with Gasteiger partial charge in [0.15, 0.2) is 0 Å². The highest BCUT2D eigenvalue weighted by Gasteiger charge is 2.39. The van der Waals surface area contributed by atoms with E-state index in [2.05, 4.69) is 151 Å². The van der Waals surface area contributed by atoms with Crippen LogP contribution in [-0.4, -0.2) is 0 Å². The van der Waals surface area contributed by atoms with Crippen molar-refractivity contribution < 1.29 is 0 Å².